The Morgan fingerprint density at radius 3 is 2.81 bits per heavy atom. The van der Waals surface area contributed by atoms with Crippen LogP contribution in [0.3, 0.4) is 0 Å². The summed E-state index contributed by atoms with van der Waals surface area (Å²) in [5, 5.41) is 8.96. The molecule has 164 valence electrons. The lowest BCUT2D eigenvalue weighted by Gasteiger charge is -2.16. The first-order valence-electron chi connectivity index (χ1n) is 11.1. The number of para-hydroxylation sites is 1. The molecule has 1 atom stereocenters. The largest absolute Gasteiger partial charge is 0.354 e. The molecule has 5 rings (SSSR count). The number of rotatable bonds is 6. The molecule has 0 spiro atoms. The number of fused-ring (bicyclic) bond motifs is 3. The van der Waals surface area contributed by atoms with Gasteiger partial charge >= 0.3 is 0 Å². The molecule has 32 heavy (non-hydrogen) atoms. The maximum atomic E-state index is 12.8. The molecular formula is C25H27N5O2. The average molecular weight is 430 g/mol. The number of hydrogen-bond donors (Lipinski definition) is 2. The summed E-state index contributed by atoms with van der Waals surface area (Å²) in [6, 6.07) is 16.4. The highest BCUT2D eigenvalue weighted by Crippen LogP contribution is 2.22. The molecule has 0 aliphatic carbocycles. The fraction of sp³-hybridized carbons (Fsp3) is 0.320. The molecule has 0 bridgehead atoms. The number of H-pyrrole nitrogens is 1. The lowest BCUT2D eigenvalue weighted by Crippen LogP contribution is -2.36. The van der Waals surface area contributed by atoms with Gasteiger partial charge in [-0.3, -0.25) is 14.5 Å². The Labute approximate surface area is 186 Å². The maximum Gasteiger partial charge on any atom is 0.291 e. The van der Waals surface area contributed by atoms with Crippen molar-refractivity contribution in [2.45, 2.75) is 26.4 Å². The van der Waals surface area contributed by atoms with E-state index in [1.165, 1.54) is 15.8 Å². The van der Waals surface area contributed by atoms with Crippen molar-refractivity contribution in [2.24, 2.45) is 5.92 Å². The summed E-state index contributed by atoms with van der Waals surface area (Å²) in [7, 11) is 0. The van der Waals surface area contributed by atoms with Crippen molar-refractivity contribution in [3.05, 3.63) is 76.2 Å². The van der Waals surface area contributed by atoms with Crippen LogP contribution in [-0.4, -0.2) is 45.2 Å². The normalized spacial score (nSPS) is 16.7. The van der Waals surface area contributed by atoms with Crippen molar-refractivity contribution in [1.82, 2.24) is 25.0 Å². The van der Waals surface area contributed by atoms with Crippen LogP contribution in [0.2, 0.25) is 0 Å². The zero-order valence-electron chi connectivity index (χ0n) is 18.2. The average Bonchev–Trinajstić information content (AvgIpc) is 3.40. The van der Waals surface area contributed by atoms with Gasteiger partial charge in [0.2, 0.25) is 5.91 Å². The minimum Gasteiger partial charge on any atom is -0.354 e. The van der Waals surface area contributed by atoms with Gasteiger partial charge in [-0.15, -0.1) is 0 Å². The van der Waals surface area contributed by atoms with Crippen LogP contribution < -0.4 is 10.9 Å². The predicted molar refractivity (Wildman–Crippen MR) is 125 cm³/mol. The number of nitrogens with zero attached hydrogens (tertiary/aromatic N) is 3. The molecule has 2 N–H and O–H groups in total. The van der Waals surface area contributed by atoms with Crippen molar-refractivity contribution in [3.63, 3.8) is 0 Å². The molecule has 1 aliphatic heterocycles. The van der Waals surface area contributed by atoms with Crippen LogP contribution in [-0.2, 0) is 17.9 Å². The van der Waals surface area contributed by atoms with Crippen LogP contribution in [0.25, 0.3) is 21.8 Å². The first-order valence-corrected chi connectivity index (χ1v) is 11.1. The molecule has 2 aromatic carbocycles. The molecule has 0 unspecified atom stereocenters. The number of aromatic nitrogens is 3. The third-order valence-corrected chi connectivity index (χ3v) is 6.30. The van der Waals surface area contributed by atoms with Crippen LogP contribution in [0.4, 0.5) is 0 Å². The summed E-state index contributed by atoms with van der Waals surface area (Å²) in [6.07, 6.45) is 2.72. The Morgan fingerprint density at radius 1 is 1.16 bits per heavy atom. The Kier molecular flexibility index (Phi) is 5.49. The Balaban J connectivity index is 1.17. The third-order valence-electron chi connectivity index (χ3n) is 6.30. The molecule has 0 radical (unpaired) electrons. The van der Waals surface area contributed by atoms with Gasteiger partial charge in [-0.05, 0) is 37.4 Å². The van der Waals surface area contributed by atoms with E-state index < -0.39 is 0 Å². The lowest BCUT2D eigenvalue weighted by molar-refractivity contribution is -0.122. The van der Waals surface area contributed by atoms with E-state index in [2.05, 4.69) is 51.5 Å². The number of aryl methyl sites for hydroxylation is 1. The summed E-state index contributed by atoms with van der Waals surface area (Å²) < 4.78 is 1.23. The van der Waals surface area contributed by atoms with Crippen molar-refractivity contribution in [3.8, 4) is 0 Å². The molecule has 1 saturated heterocycles. The van der Waals surface area contributed by atoms with Crippen LogP contribution in [0.15, 0.2) is 59.5 Å². The van der Waals surface area contributed by atoms with E-state index in [1.807, 2.05) is 24.3 Å². The van der Waals surface area contributed by atoms with Gasteiger partial charge in [-0.2, -0.15) is 5.10 Å². The first kappa shape index (κ1) is 20.5. The van der Waals surface area contributed by atoms with E-state index in [9.17, 15) is 9.59 Å². The molecular weight excluding hydrogens is 402 g/mol. The number of likely N-dealkylation sites (tertiary alicyclic amines) is 1. The summed E-state index contributed by atoms with van der Waals surface area (Å²) >= 11 is 0. The van der Waals surface area contributed by atoms with E-state index in [1.54, 1.807) is 6.20 Å². The summed E-state index contributed by atoms with van der Waals surface area (Å²) in [5.74, 6) is 0.234. The third kappa shape index (κ3) is 4.16. The SMILES string of the molecule is Cc1ccc(CN2CC[C@@H](CNC(=O)Cn3ncc4c([nH]c5ccccc54)c3=O)C2)cc1. The van der Waals surface area contributed by atoms with Crippen LogP contribution in [0, 0.1) is 12.8 Å². The Morgan fingerprint density at radius 2 is 1.97 bits per heavy atom. The maximum absolute atomic E-state index is 12.8. The van der Waals surface area contributed by atoms with Gasteiger partial charge in [0.1, 0.15) is 12.1 Å². The van der Waals surface area contributed by atoms with E-state index in [0.717, 1.165) is 42.3 Å². The Bertz CT molecular complexity index is 1320. The Hall–Kier alpha value is -3.45. The van der Waals surface area contributed by atoms with E-state index in [4.69, 9.17) is 0 Å². The second-order valence-corrected chi connectivity index (χ2v) is 8.75. The van der Waals surface area contributed by atoms with Gasteiger partial charge in [0, 0.05) is 35.9 Å². The summed E-state index contributed by atoms with van der Waals surface area (Å²) in [5.41, 5.74) is 3.68. The minimum absolute atomic E-state index is 0.0794. The molecule has 1 fully saturated rings. The first-order chi connectivity index (χ1) is 15.6. The number of aromatic amines is 1. The van der Waals surface area contributed by atoms with Crippen molar-refractivity contribution >= 4 is 27.7 Å². The number of nitrogens with one attached hydrogen (secondary N) is 2. The van der Waals surface area contributed by atoms with Gasteiger partial charge in [0.15, 0.2) is 0 Å². The molecule has 3 heterocycles. The summed E-state index contributed by atoms with van der Waals surface area (Å²) in [6.45, 7) is 5.57. The number of hydrogen-bond acceptors (Lipinski definition) is 4. The zero-order valence-corrected chi connectivity index (χ0v) is 18.2. The zero-order chi connectivity index (χ0) is 22.1. The van der Waals surface area contributed by atoms with Gasteiger partial charge in [0.25, 0.3) is 5.56 Å². The van der Waals surface area contributed by atoms with Crippen LogP contribution in [0.1, 0.15) is 17.5 Å². The van der Waals surface area contributed by atoms with E-state index in [-0.39, 0.29) is 18.0 Å². The van der Waals surface area contributed by atoms with Crippen molar-refractivity contribution < 1.29 is 4.79 Å². The number of carbonyl (C=O) groups is 1. The van der Waals surface area contributed by atoms with Crippen molar-refractivity contribution in [1.29, 1.82) is 0 Å². The molecule has 2 aromatic heterocycles. The van der Waals surface area contributed by atoms with Gasteiger partial charge in [0.05, 0.1) is 6.20 Å². The molecule has 7 nitrogen and oxygen atoms in total. The fourth-order valence-electron chi connectivity index (χ4n) is 4.51. The number of carbonyl (C=O) groups excluding carboxylic acids is 1. The van der Waals surface area contributed by atoms with Crippen LogP contribution >= 0.6 is 0 Å². The molecule has 0 saturated carbocycles. The topological polar surface area (TPSA) is 83.0 Å². The highest BCUT2D eigenvalue weighted by atomic mass is 16.2. The van der Waals surface area contributed by atoms with Gasteiger partial charge in [-0.25, -0.2) is 4.68 Å². The van der Waals surface area contributed by atoms with Crippen molar-refractivity contribution in [2.75, 3.05) is 19.6 Å². The number of benzene rings is 2. The summed E-state index contributed by atoms with van der Waals surface area (Å²) in [4.78, 5) is 30.9. The second-order valence-electron chi connectivity index (χ2n) is 8.75. The van der Waals surface area contributed by atoms with Gasteiger partial charge in [-0.1, -0.05) is 48.0 Å². The van der Waals surface area contributed by atoms with Gasteiger partial charge < -0.3 is 10.3 Å². The van der Waals surface area contributed by atoms with E-state index in [0.29, 0.717) is 18.0 Å². The smallest absolute Gasteiger partial charge is 0.291 e. The monoisotopic (exact) mass is 429 g/mol. The standard InChI is InChI=1S/C25H27N5O2/c1-17-6-8-18(9-7-17)14-29-11-10-19(15-29)12-26-23(31)16-30-25(32)24-21(13-27-30)20-4-2-3-5-22(20)28-24/h2-9,13,19,28H,10-12,14-16H2,1H3,(H,26,31)/t19-/m0/s1. The minimum atomic E-state index is -0.279. The van der Waals surface area contributed by atoms with Crippen LogP contribution in [0.5, 0.6) is 0 Å². The number of amides is 1. The predicted octanol–water partition coefficient (Wildman–Crippen LogP) is 2.82. The molecule has 7 heteroatoms. The highest BCUT2D eigenvalue weighted by Gasteiger charge is 2.23. The lowest BCUT2D eigenvalue weighted by atomic mass is 10.1. The second kappa shape index (κ2) is 8.59. The highest BCUT2D eigenvalue weighted by molar-refractivity contribution is 6.06. The van der Waals surface area contributed by atoms with E-state index >= 15 is 0 Å². The fourth-order valence-corrected chi connectivity index (χ4v) is 4.51. The quantitative estimate of drug-likeness (QED) is 0.494. The molecule has 1 aliphatic rings. The molecule has 1 amide bonds. The molecule has 4 aromatic rings.